The molecule has 0 spiro atoms. The van der Waals surface area contributed by atoms with Crippen LogP contribution in [0.5, 0.6) is 0 Å². The number of rotatable bonds is 2. The third-order valence-corrected chi connectivity index (χ3v) is 2.26. The lowest BCUT2D eigenvalue weighted by molar-refractivity contribution is 0.636. The van der Waals surface area contributed by atoms with Crippen molar-refractivity contribution in [2.45, 2.75) is 33.2 Å². The van der Waals surface area contributed by atoms with Crippen molar-refractivity contribution in [3.8, 4) is 6.07 Å². The van der Waals surface area contributed by atoms with E-state index >= 15 is 0 Å². The summed E-state index contributed by atoms with van der Waals surface area (Å²) in [5.74, 6) is 0.236. The average molecular weight is 198 g/mol. The average Bonchev–Trinajstić information content (AvgIpc) is 2.42. The molecule has 0 radical (unpaired) electrons. The normalized spacial score (nSPS) is 10.5. The molecule has 13 heavy (non-hydrogen) atoms. The number of aryl methyl sites for hydroxylation is 1. The van der Waals surface area contributed by atoms with Gasteiger partial charge in [-0.05, 0) is 12.8 Å². The van der Waals surface area contributed by atoms with E-state index in [1.807, 2.05) is 20.8 Å². The number of hydrogen-bond donors (Lipinski definition) is 0. The van der Waals surface area contributed by atoms with Gasteiger partial charge in [0.2, 0.25) is 0 Å². The van der Waals surface area contributed by atoms with Crippen molar-refractivity contribution in [3.63, 3.8) is 0 Å². The lowest BCUT2D eigenvalue weighted by Gasteiger charge is -1.98. The van der Waals surface area contributed by atoms with Crippen LogP contribution in [-0.4, -0.2) is 9.78 Å². The highest BCUT2D eigenvalue weighted by atomic mass is 35.5. The van der Waals surface area contributed by atoms with Gasteiger partial charge in [0.05, 0.1) is 5.69 Å². The quantitative estimate of drug-likeness (QED) is 0.731. The van der Waals surface area contributed by atoms with Crippen LogP contribution in [0.15, 0.2) is 0 Å². The van der Waals surface area contributed by atoms with Gasteiger partial charge in [0, 0.05) is 6.54 Å². The van der Waals surface area contributed by atoms with Gasteiger partial charge in [-0.25, -0.2) is 0 Å². The summed E-state index contributed by atoms with van der Waals surface area (Å²) in [7, 11) is 0. The molecular formula is C9H12ClN3. The molecule has 0 aromatic carbocycles. The van der Waals surface area contributed by atoms with Crippen molar-refractivity contribution in [1.82, 2.24) is 9.78 Å². The van der Waals surface area contributed by atoms with Crippen LogP contribution in [0.2, 0.25) is 5.15 Å². The third-order valence-electron chi connectivity index (χ3n) is 1.88. The molecule has 1 heterocycles. The second kappa shape index (κ2) is 3.80. The molecule has 0 atom stereocenters. The minimum Gasteiger partial charge on any atom is -0.253 e. The molecule has 1 aromatic heterocycles. The highest BCUT2D eigenvalue weighted by Crippen LogP contribution is 2.24. The first-order valence-electron chi connectivity index (χ1n) is 4.28. The Morgan fingerprint density at radius 1 is 1.62 bits per heavy atom. The van der Waals surface area contributed by atoms with Crippen molar-refractivity contribution in [1.29, 1.82) is 5.26 Å². The molecule has 0 N–H and O–H groups in total. The van der Waals surface area contributed by atoms with Gasteiger partial charge in [-0.2, -0.15) is 10.4 Å². The van der Waals surface area contributed by atoms with Crippen molar-refractivity contribution in [3.05, 3.63) is 16.4 Å². The van der Waals surface area contributed by atoms with Gasteiger partial charge in [-0.3, -0.25) is 4.68 Å². The standard InChI is InChI=1S/C9H12ClN3/c1-4-13-9(10)7(5-11)8(12-13)6(2)3/h6H,4H2,1-3H3. The van der Waals surface area contributed by atoms with Crippen molar-refractivity contribution in [2.24, 2.45) is 0 Å². The molecule has 0 bridgehead atoms. The molecule has 1 aromatic rings. The summed E-state index contributed by atoms with van der Waals surface area (Å²) in [5.41, 5.74) is 1.30. The van der Waals surface area contributed by atoms with Gasteiger partial charge in [0.25, 0.3) is 0 Å². The fourth-order valence-corrected chi connectivity index (χ4v) is 1.47. The number of halogens is 1. The van der Waals surface area contributed by atoms with Crippen LogP contribution in [0, 0.1) is 11.3 Å². The second-order valence-corrected chi connectivity index (χ2v) is 3.49. The largest absolute Gasteiger partial charge is 0.253 e. The second-order valence-electron chi connectivity index (χ2n) is 3.13. The molecule has 0 fully saturated rings. The molecule has 0 aliphatic rings. The molecule has 0 amide bonds. The molecule has 0 saturated carbocycles. The maximum Gasteiger partial charge on any atom is 0.145 e. The van der Waals surface area contributed by atoms with E-state index in [1.54, 1.807) is 4.68 Å². The Bertz CT molecular complexity index is 346. The summed E-state index contributed by atoms with van der Waals surface area (Å²) < 4.78 is 1.65. The van der Waals surface area contributed by atoms with Crippen LogP contribution in [-0.2, 0) is 6.54 Å². The molecule has 3 nitrogen and oxygen atoms in total. The molecule has 0 aliphatic heterocycles. The fraction of sp³-hybridized carbons (Fsp3) is 0.556. The fourth-order valence-electron chi connectivity index (χ4n) is 1.18. The summed E-state index contributed by atoms with van der Waals surface area (Å²) >= 11 is 5.95. The summed E-state index contributed by atoms with van der Waals surface area (Å²) in [6, 6.07) is 2.08. The number of nitriles is 1. The minimum atomic E-state index is 0.236. The lowest BCUT2D eigenvalue weighted by Crippen LogP contribution is -1.97. The van der Waals surface area contributed by atoms with Crippen molar-refractivity contribution in [2.75, 3.05) is 0 Å². The van der Waals surface area contributed by atoms with E-state index in [-0.39, 0.29) is 5.92 Å². The highest BCUT2D eigenvalue weighted by molar-refractivity contribution is 6.30. The van der Waals surface area contributed by atoms with Crippen molar-refractivity contribution < 1.29 is 0 Å². The first-order valence-corrected chi connectivity index (χ1v) is 4.65. The lowest BCUT2D eigenvalue weighted by atomic mass is 10.1. The van der Waals surface area contributed by atoms with Crippen LogP contribution < -0.4 is 0 Å². The summed E-state index contributed by atoms with van der Waals surface area (Å²) in [4.78, 5) is 0. The predicted molar refractivity (Wildman–Crippen MR) is 51.7 cm³/mol. The Labute approximate surface area is 82.9 Å². The maximum atomic E-state index is 8.87. The van der Waals surface area contributed by atoms with Gasteiger partial charge in [0.15, 0.2) is 0 Å². The SMILES string of the molecule is CCn1nc(C(C)C)c(C#N)c1Cl. The zero-order valence-corrected chi connectivity index (χ0v) is 8.76. The zero-order valence-electron chi connectivity index (χ0n) is 8.00. The molecule has 0 saturated heterocycles. The van der Waals surface area contributed by atoms with Crippen LogP contribution >= 0.6 is 11.6 Å². The monoisotopic (exact) mass is 197 g/mol. The number of aromatic nitrogens is 2. The van der Waals surface area contributed by atoms with E-state index in [1.165, 1.54) is 0 Å². The molecular weight excluding hydrogens is 186 g/mol. The molecule has 70 valence electrons. The van der Waals surface area contributed by atoms with E-state index in [0.29, 0.717) is 17.3 Å². The van der Waals surface area contributed by atoms with E-state index in [2.05, 4.69) is 11.2 Å². The van der Waals surface area contributed by atoms with E-state index in [9.17, 15) is 0 Å². The minimum absolute atomic E-state index is 0.236. The van der Waals surface area contributed by atoms with E-state index in [4.69, 9.17) is 16.9 Å². The Morgan fingerprint density at radius 3 is 2.54 bits per heavy atom. The number of hydrogen-bond acceptors (Lipinski definition) is 2. The summed E-state index contributed by atoms with van der Waals surface area (Å²) in [6.45, 7) is 6.64. The zero-order chi connectivity index (χ0) is 10.0. The predicted octanol–water partition coefficient (Wildman–Crippen LogP) is 2.55. The molecule has 1 rings (SSSR count). The molecule has 0 unspecified atom stereocenters. The van der Waals surface area contributed by atoms with Crippen LogP contribution in [0.4, 0.5) is 0 Å². The molecule has 0 aliphatic carbocycles. The van der Waals surface area contributed by atoms with E-state index in [0.717, 1.165) is 5.69 Å². The molecule has 4 heteroatoms. The first kappa shape index (κ1) is 10.1. The van der Waals surface area contributed by atoms with Crippen LogP contribution in [0.25, 0.3) is 0 Å². The van der Waals surface area contributed by atoms with Gasteiger partial charge in [-0.1, -0.05) is 25.4 Å². The van der Waals surface area contributed by atoms with Gasteiger partial charge in [-0.15, -0.1) is 0 Å². The Balaban J connectivity index is 3.30. The van der Waals surface area contributed by atoms with Crippen molar-refractivity contribution >= 4 is 11.6 Å². The number of nitrogens with zero attached hydrogens (tertiary/aromatic N) is 3. The van der Waals surface area contributed by atoms with Gasteiger partial charge < -0.3 is 0 Å². The maximum absolute atomic E-state index is 8.87. The van der Waals surface area contributed by atoms with Gasteiger partial charge in [0.1, 0.15) is 16.8 Å². The van der Waals surface area contributed by atoms with Crippen LogP contribution in [0.3, 0.4) is 0 Å². The summed E-state index contributed by atoms with van der Waals surface area (Å²) in [5, 5.41) is 13.6. The Hall–Kier alpha value is -1.01. The summed E-state index contributed by atoms with van der Waals surface area (Å²) in [6.07, 6.45) is 0. The van der Waals surface area contributed by atoms with Crippen LogP contribution in [0.1, 0.15) is 37.9 Å². The van der Waals surface area contributed by atoms with Gasteiger partial charge >= 0.3 is 0 Å². The first-order chi connectivity index (χ1) is 6.11. The topological polar surface area (TPSA) is 41.6 Å². The van der Waals surface area contributed by atoms with E-state index < -0.39 is 0 Å². The Kier molecular flexibility index (Phi) is 2.94. The Morgan fingerprint density at radius 2 is 2.23 bits per heavy atom. The highest BCUT2D eigenvalue weighted by Gasteiger charge is 2.17. The smallest absolute Gasteiger partial charge is 0.145 e. The third kappa shape index (κ3) is 1.68.